The second kappa shape index (κ2) is 4.72. The largest absolute Gasteiger partial charge is 0.398 e. The Bertz CT molecular complexity index is 648. The van der Waals surface area contributed by atoms with E-state index in [9.17, 15) is 9.18 Å². The van der Waals surface area contributed by atoms with Crippen molar-refractivity contribution < 1.29 is 9.18 Å². The lowest BCUT2D eigenvalue weighted by Gasteiger charge is -2.08. The molecule has 1 amide bonds. The summed E-state index contributed by atoms with van der Waals surface area (Å²) >= 11 is 0. The molecule has 3 N–H and O–H groups in total. The first-order valence-corrected chi connectivity index (χ1v) is 5.76. The number of nitrogens with one attached hydrogen (secondary N) is 1. The molecule has 0 aliphatic rings. The first-order chi connectivity index (χ1) is 8.90. The lowest BCUT2D eigenvalue weighted by Crippen LogP contribution is -2.15. The average molecular weight is 262 g/mol. The predicted octanol–water partition coefficient (Wildman–Crippen LogP) is 2.01. The third-order valence-corrected chi connectivity index (χ3v) is 3.01. The number of carbonyl (C=O) groups is 1. The standard InChI is InChI=1S/C13H15FN4O/c1-7-12(8(2)18(3)17-7)16-13(19)10-5-4-9(14)6-11(10)15/h4-6H,15H2,1-3H3,(H,16,19). The number of rotatable bonds is 2. The number of aryl methyl sites for hydroxylation is 2. The Hall–Kier alpha value is -2.37. The number of nitrogen functional groups attached to an aromatic ring is 1. The minimum absolute atomic E-state index is 0.108. The molecule has 2 rings (SSSR count). The number of amides is 1. The maximum atomic E-state index is 12.9. The number of halogens is 1. The molecule has 1 aromatic carbocycles. The molecule has 5 nitrogen and oxygen atoms in total. The van der Waals surface area contributed by atoms with Crippen molar-refractivity contribution in [2.45, 2.75) is 13.8 Å². The Balaban J connectivity index is 2.31. The van der Waals surface area contributed by atoms with Gasteiger partial charge in [0.2, 0.25) is 0 Å². The van der Waals surface area contributed by atoms with Gasteiger partial charge in [0.05, 0.1) is 22.6 Å². The summed E-state index contributed by atoms with van der Waals surface area (Å²) < 4.78 is 14.6. The second-order valence-corrected chi connectivity index (χ2v) is 4.36. The Morgan fingerprint density at radius 1 is 1.42 bits per heavy atom. The van der Waals surface area contributed by atoms with Gasteiger partial charge in [0.1, 0.15) is 5.82 Å². The average Bonchev–Trinajstić information content (AvgIpc) is 2.56. The molecule has 0 saturated heterocycles. The van der Waals surface area contributed by atoms with Crippen LogP contribution in [0.15, 0.2) is 18.2 Å². The molecular formula is C13H15FN4O. The molecule has 100 valence electrons. The van der Waals surface area contributed by atoms with Crippen LogP contribution in [0.5, 0.6) is 0 Å². The van der Waals surface area contributed by atoms with Crippen LogP contribution in [0.1, 0.15) is 21.7 Å². The fourth-order valence-electron chi connectivity index (χ4n) is 1.88. The summed E-state index contributed by atoms with van der Waals surface area (Å²) in [5.41, 5.74) is 8.19. The molecule has 0 saturated carbocycles. The van der Waals surface area contributed by atoms with Crippen molar-refractivity contribution in [3.05, 3.63) is 41.0 Å². The predicted molar refractivity (Wildman–Crippen MR) is 71.4 cm³/mol. The summed E-state index contributed by atoms with van der Waals surface area (Å²) in [6, 6.07) is 3.69. The Labute approximate surface area is 110 Å². The molecule has 1 heterocycles. The number of hydrogen-bond acceptors (Lipinski definition) is 3. The lowest BCUT2D eigenvalue weighted by atomic mass is 10.1. The molecule has 0 aliphatic carbocycles. The summed E-state index contributed by atoms with van der Waals surface area (Å²) in [6.45, 7) is 3.65. The van der Waals surface area contributed by atoms with Crippen LogP contribution >= 0.6 is 0 Å². The number of nitrogens with two attached hydrogens (primary N) is 1. The molecule has 0 bridgehead atoms. The zero-order valence-corrected chi connectivity index (χ0v) is 11.0. The smallest absolute Gasteiger partial charge is 0.257 e. The lowest BCUT2D eigenvalue weighted by molar-refractivity contribution is 0.102. The number of anilines is 2. The summed E-state index contributed by atoms with van der Waals surface area (Å²) in [5.74, 6) is -0.848. The van der Waals surface area contributed by atoms with Gasteiger partial charge >= 0.3 is 0 Å². The third-order valence-electron chi connectivity index (χ3n) is 3.01. The fraction of sp³-hybridized carbons (Fsp3) is 0.231. The molecule has 0 radical (unpaired) electrons. The first kappa shape index (κ1) is 13.1. The van der Waals surface area contributed by atoms with Gasteiger partial charge in [-0.2, -0.15) is 5.10 Å². The van der Waals surface area contributed by atoms with Crippen LogP contribution in [0.25, 0.3) is 0 Å². The molecule has 0 aliphatic heterocycles. The molecular weight excluding hydrogens is 247 g/mol. The highest BCUT2D eigenvalue weighted by atomic mass is 19.1. The van der Waals surface area contributed by atoms with E-state index < -0.39 is 5.82 Å². The van der Waals surface area contributed by atoms with E-state index in [-0.39, 0.29) is 17.2 Å². The highest BCUT2D eigenvalue weighted by Gasteiger charge is 2.15. The van der Waals surface area contributed by atoms with Gasteiger partial charge in [0, 0.05) is 12.7 Å². The van der Waals surface area contributed by atoms with Crippen LogP contribution in [0.4, 0.5) is 15.8 Å². The van der Waals surface area contributed by atoms with E-state index >= 15 is 0 Å². The van der Waals surface area contributed by atoms with Gasteiger partial charge in [-0.25, -0.2) is 4.39 Å². The monoisotopic (exact) mass is 262 g/mol. The Morgan fingerprint density at radius 3 is 2.63 bits per heavy atom. The number of hydrogen-bond donors (Lipinski definition) is 2. The van der Waals surface area contributed by atoms with E-state index in [1.165, 1.54) is 12.1 Å². The highest BCUT2D eigenvalue weighted by Crippen LogP contribution is 2.21. The van der Waals surface area contributed by atoms with Crippen LogP contribution in [0.3, 0.4) is 0 Å². The van der Waals surface area contributed by atoms with Gasteiger partial charge in [-0.05, 0) is 32.0 Å². The maximum Gasteiger partial charge on any atom is 0.257 e. The van der Waals surface area contributed by atoms with Gasteiger partial charge in [-0.1, -0.05) is 0 Å². The molecule has 0 spiro atoms. The SMILES string of the molecule is Cc1nn(C)c(C)c1NC(=O)c1ccc(F)cc1N. The molecule has 2 aromatic rings. The number of carbonyl (C=O) groups excluding carboxylic acids is 1. The third kappa shape index (κ3) is 2.42. The van der Waals surface area contributed by atoms with Crippen LogP contribution in [-0.4, -0.2) is 15.7 Å². The van der Waals surface area contributed by atoms with Crippen molar-refractivity contribution in [3.8, 4) is 0 Å². The number of benzene rings is 1. The van der Waals surface area contributed by atoms with E-state index in [1.54, 1.807) is 18.7 Å². The molecule has 19 heavy (non-hydrogen) atoms. The molecule has 6 heteroatoms. The molecule has 0 fully saturated rings. The van der Waals surface area contributed by atoms with E-state index in [0.29, 0.717) is 11.4 Å². The topological polar surface area (TPSA) is 72.9 Å². The molecule has 0 unspecified atom stereocenters. The van der Waals surface area contributed by atoms with Crippen molar-refractivity contribution >= 4 is 17.3 Å². The molecule has 0 atom stereocenters. The summed E-state index contributed by atoms with van der Waals surface area (Å²) in [4.78, 5) is 12.1. The van der Waals surface area contributed by atoms with Crippen LogP contribution in [0.2, 0.25) is 0 Å². The van der Waals surface area contributed by atoms with E-state index in [0.717, 1.165) is 11.8 Å². The van der Waals surface area contributed by atoms with Crippen LogP contribution in [-0.2, 0) is 7.05 Å². The summed E-state index contributed by atoms with van der Waals surface area (Å²) in [6.07, 6.45) is 0. The Morgan fingerprint density at radius 2 is 2.11 bits per heavy atom. The highest BCUT2D eigenvalue weighted by molar-refractivity contribution is 6.08. The minimum Gasteiger partial charge on any atom is -0.398 e. The van der Waals surface area contributed by atoms with Gasteiger partial charge in [-0.15, -0.1) is 0 Å². The second-order valence-electron chi connectivity index (χ2n) is 4.36. The molecule has 1 aromatic heterocycles. The van der Waals surface area contributed by atoms with Crippen LogP contribution in [0, 0.1) is 19.7 Å². The zero-order valence-electron chi connectivity index (χ0n) is 11.0. The van der Waals surface area contributed by atoms with Crippen molar-refractivity contribution in [2.24, 2.45) is 7.05 Å². The summed E-state index contributed by atoms with van der Waals surface area (Å²) in [5, 5.41) is 6.96. The van der Waals surface area contributed by atoms with Crippen LogP contribution < -0.4 is 11.1 Å². The normalized spacial score (nSPS) is 10.5. The number of aromatic nitrogens is 2. The van der Waals surface area contributed by atoms with Gasteiger partial charge < -0.3 is 11.1 Å². The first-order valence-electron chi connectivity index (χ1n) is 5.76. The van der Waals surface area contributed by atoms with Gasteiger partial charge in [0.25, 0.3) is 5.91 Å². The Kier molecular flexibility index (Phi) is 3.25. The van der Waals surface area contributed by atoms with E-state index in [2.05, 4.69) is 10.4 Å². The summed E-state index contributed by atoms with van der Waals surface area (Å²) in [7, 11) is 1.80. The van der Waals surface area contributed by atoms with E-state index in [1.807, 2.05) is 6.92 Å². The maximum absolute atomic E-state index is 12.9. The van der Waals surface area contributed by atoms with Gasteiger partial charge in [-0.3, -0.25) is 9.48 Å². The van der Waals surface area contributed by atoms with E-state index in [4.69, 9.17) is 5.73 Å². The van der Waals surface area contributed by atoms with Crippen molar-refractivity contribution in [1.82, 2.24) is 9.78 Å². The van der Waals surface area contributed by atoms with Crippen molar-refractivity contribution in [1.29, 1.82) is 0 Å². The zero-order chi connectivity index (χ0) is 14.2. The quantitative estimate of drug-likeness (QED) is 0.813. The fourth-order valence-corrected chi connectivity index (χ4v) is 1.88. The van der Waals surface area contributed by atoms with Crippen molar-refractivity contribution in [3.63, 3.8) is 0 Å². The number of nitrogens with zero attached hydrogens (tertiary/aromatic N) is 2. The van der Waals surface area contributed by atoms with Gasteiger partial charge in [0.15, 0.2) is 0 Å². The minimum atomic E-state index is -0.470. The van der Waals surface area contributed by atoms with Crippen molar-refractivity contribution in [2.75, 3.05) is 11.1 Å².